The van der Waals surface area contributed by atoms with E-state index in [2.05, 4.69) is 23.2 Å². The molecule has 0 radical (unpaired) electrons. The standard InChI is InChI=1S/C9H17N3OS/c1-4-9(10,5-2)6-13-8-11-7(3)12-14-8/h4-6,10H2,1-3H3. The van der Waals surface area contributed by atoms with Crippen LogP contribution in [0.25, 0.3) is 0 Å². The van der Waals surface area contributed by atoms with Gasteiger partial charge in [-0.25, -0.2) is 0 Å². The fraction of sp³-hybridized carbons (Fsp3) is 0.778. The van der Waals surface area contributed by atoms with Crippen molar-refractivity contribution in [2.75, 3.05) is 6.61 Å². The van der Waals surface area contributed by atoms with E-state index in [1.54, 1.807) is 0 Å². The first kappa shape index (κ1) is 11.4. The molecule has 0 saturated carbocycles. The maximum Gasteiger partial charge on any atom is 0.293 e. The van der Waals surface area contributed by atoms with Crippen LogP contribution in [0.1, 0.15) is 32.5 Å². The minimum absolute atomic E-state index is 0.237. The quantitative estimate of drug-likeness (QED) is 0.812. The molecule has 0 aromatic carbocycles. The van der Waals surface area contributed by atoms with E-state index in [0.717, 1.165) is 18.7 Å². The van der Waals surface area contributed by atoms with E-state index >= 15 is 0 Å². The van der Waals surface area contributed by atoms with Gasteiger partial charge in [0.2, 0.25) is 0 Å². The van der Waals surface area contributed by atoms with Gasteiger partial charge in [0, 0.05) is 17.1 Å². The molecule has 1 rings (SSSR count). The van der Waals surface area contributed by atoms with Crippen molar-refractivity contribution in [3.05, 3.63) is 5.82 Å². The van der Waals surface area contributed by atoms with Gasteiger partial charge < -0.3 is 10.5 Å². The average molecular weight is 215 g/mol. The molecule has 2 N–H and O–H groups in total. The monoisotopic (exact) mass is 215 g/mol. The molecule has 5 heteroatoms. The van der Waals surface area contributed by atoms with Crippen LogP contribution in [0.2, 0.25) is 0 Å². The molecule has 0 unspecified atom stereocenters. The van der Waals surface area contributed by atoms with Crippen molar-refractivity contribution in [3.63, 3.8) is 0 Å². The fourth-order valence-electron chi connectivity index (χ4n) is 0.996. The largest absolute Gasteiger partial charge is 0.467 e. The zero-order valence-corrected chi connectivity index (χ0v) is 9.73. The Kier molecular flexibility index (Phi) is 3.83. The van der Waals surface area contributed by atoms with Gasteiger partial charge in [-0.1, -0.05) is 13.8 Å². The van der Waals surface area contributed by atoms with E-state index < -0.39 is 0 Å². The minimum Gasteiger partial charge on any atom is -0.467 e. The molecule has 0 spiro atoms. The Morgan fingerprint density at radius 2 is 2.07 bits per heavy atom. The molecule has 0 aliphatic rings. The van der Waals surface area contributed by atoms with Crippen molar-refractivity contribution in [2.45, 2.75) is 39.2 Å². The third-order valence-corrected chi connectivity index (χ3v) is 3.12. The second kappa shape index (κ2) is 4.70. The molecule has 4 nitrogen and oxygen atoms in total. The van der Waals surface area contributed by atoms with Gasteiger partial charge in [0.25, 0.3) is 5.19 Å². The number of hydrogen-bond donors (Lipinski definition) is 1. The number of nitrogens with two attached hydrogens (primary N) is 1. The zero-order chi connectivity index (χ0) is 10.6. The first-order valence-electron chi connectivity index (χ1n) is 4.81. The Morgan fingerprint density at radius 3 is 2.50 bits per heavy atom. The van der Waals surface area contributed by atoms with Crippen LogP contribution in [0.15, 0.2) is 0 Å². The second-order valence-electron chi connectivity index (χ2n) is 3.47. The average Bonchev–Trinajstić information content (AvgIpc) is 2.61. The van der Waals surface area contributed by atoms with Gasteiger partial charge >= 0.3 is 0 Å². The summed E-state index contributed by atoms with van der Waals surface area (Å²) in [6.45, 7) is 6.49. The molecule has 0 bridgehead atoms. The lowest BCUT2D eigenvalue weighted by Crippen LogP contribution is -2.44. The Balaban J connectivity index is 2.47. The van der Waals surface area contributed by atoms with Gasteiger partial charge in [0.1, 0.15) is 12.4 Å². The molecule has 0 atom stereocenters. The minimum atomic E-state index is -0.237. The molecule has 0 fully saturated rings. The van der Waals surface area contributed by atoms with Crippen molar-refractivity contribution in [1.29, 1.82) is 0 Å². The highest BCUT2D eigenvalue weighted by Gasteiger charge is 2.21. The predicted molar refractivity (Wildman–Crippen MR) is 57.6 cm³/mol. The number of aryl methyl sites for hydroxylation is 1. The number of hydrogen-bond acceptors (Lipinski definition) is 5. The fourth-order valence-corrected chi connectivity index (χ4v) is 1.53. The maximum atomic E-state index is 6.08. The van der Waals surface area contributed by atoms with Crippen molar-refractivity contribution in [3.8, 4) is 5.19 Å². The highest BCUT2D eigenvalue weighted by atomic mass is 32.1. The van der Waals surface area contributed by atoms with Gasteiger partial charge in [0.05, 0.1) is 0 Å². The molecule has 0 aliphatic heterocycles. The van der Waals surface area contributed by atoms with Crippen LogP contribution in [0.5, 0.6) is 5.19 Å². The Bertz CT molecular complexity index is 283. The molecular weight excluding hydrogens is 198 g/mol. The summed E-state index contributed by atoms with van der Waals surface area (Å²) in [5.41, 5.74) is 5.85. The van der Waals surface area contributed by atoms with Gasteiger partial charge in [-0.15, -0.1) is 0 Å². The Morgan fingerprint density at radius 1 is 1.43 bits per heavy atom. The first-order chi connectivity index (χ1) is 6.59. The van der Waals surface area contributed by atoms with Crippen LogP contribution >= 0.6 is 11.5 Å². The van der Waals surface area contributed by atoms with Crippen LogP contribution in [-0.4, -0.2) is 21.5 Å². The smallest absolute Gasteiger partial charge is 0.293 e. The van der Waals surface area contributed by atoms with Crippen molar-refractivity contribution < 1.29 is 4.74 Å². The van der Waals surface area contributed by atoms with E-state index in [-0.39, 0.29) is 5.54 Å². The number of nitrogens with zero attached hydrogens (tertiary/aromatic N) is 2. The highest BCUT2D eigenvalue weighted by molar-refractivity contribution is 7.07. The van der Waals surface area contributed by atoms with Crippen molar-refractivity contribution >= 4 is 11.5 Å². The second-order valence-corrected chi connectivity index (χ2v) is 4.18. The summed E-state index contributed by atoms with van der Waals surface area (Å²) in [5.74, 6) is 0.751. The highest BCUT2D eigenvalue weighted by Crippen LogP contribution is 2.17. The van der Waals surface area contributed by atoms with Crippen LogP contribution in [0.4, 0.5) is 0 Å². The molecule has 0 saturated heterocycles. The maximum absolute atomic E-state index is 6.08. The summed E-state index contributed by atoms with van der Waals surface area (Å²) < 4.78 is 9.53. The number of rotatable bonds is 5. The number of ether oxygens (including phenoxy) is 1. The molecule has 1 aromatic heterocycles. The van der Waals surface area contributed by atoms with E-state index in [0.29, 0.717) is 11.8 Å². The molecule has 0 amide bonds. The third kappa shape index (κ3) is 2.92. The lowest BCUT2D eigenvalue weighted by Gasteiger charge is -2.25. The lowest BCUT2D eigenvalue weighted by atomic mass is 9.96. The summed E-state index contributed by atoms with van der Waals surface area (Å²) in [6, 6.07) is 0. The van der Waals surface area contributed by atoms with E-state index in [1.165, 1.54) is 11.5 Å². The van der Waals surface area contributed by atoms with Crippen molar-refractivity contribution in [1.82, 2.24) is 9.36 Å². The molecule has 0 aliphatic carbocycles. The predicted octanol–water partition coefficient (Wildman–Crippen LogP) is 1.74. The van der Waals surface area contributed by atoms with Crippen molar-refractivity contribution in [2.24, 2.45) is 5.73 Å². The van der Waals surface area contributed by atoms with Gasteiger partial charge in [0.15, 0.2) is 0 Å². The lowest BCUT2D eigenvalue weighted by molar-refractivity contribution is 0.206. The van der Waals surface area contributed by atoms with Crippen LogP contribution in [-0.2, 0) is 0 Å². The van der Waals surface area contributed by atoms with Crippen LogP contribution < -0.4 is 10.5 Å². The van der Waals surface area contributed by atoms with E-state index in [1.807, 2.05) is 6.92 Å². The summed E-state index contributed by atoms with van der Waals surface area (Å²) in [6.07, 6.45) is 1.81. The van der Waals surface area contributed by atoms with E-state index in [9.17, 15) is 0 Å². The molecule has 80 valence electrons. The third-order valence-electron chi connectivity index (χ3n) is 2.40. The summed E-state index contributed by atoms with van der Waals surface area (Å²) >= 11 is 1.27. The van der Waals surface area contributed by atoms with Gasteiger partial charge in [-0.05, 0) is 19.8 Å². The van der Waals surface area contributed by atoms with Crippen LogP contribution in [0, 0.1) is 6.92 Å². The van der Waals surface area contributed by atoms with Crippen LogP contribution in [0.3, 0.4) is 0 Å². The molecular formula is C9H17N3OS. The molecule has 14 heavy (non-hydrogen) atoms. The molecule has 1 aromatic rings. The zero-order valence-electron chi connectivity index (χ0n) is 8.91. The summed E-state index contributed by atoms with van der Waals surface area (Å²) in [4.78, 5) is 4.11. The molecule has 1 heterocycles. The van der Waals surface area contributed by atoms with Gasteiger partial charge in [-0.2, -0.15) is 9.36 Å². The number of aromatic nitrogens is 2. The first-order valence-corrected chi connectivity index (χ1v) is 5.59. The normalized spacial score (nSPS) is 11.7. The van der Waals surface area contributed by atoms with Gasteiger partial charge in [-0.3, -0.25) is 0 Å². The summed E-state index contributed by atoms with van der Waals surface area (Å²) in [7, 11) is 0. The Hall–Kier alpha value is -0.680. The SMILES string of the molecule is CCC(N)(CC)COc1nc(C)ns1. The Labute approximate surface area is 88.7 Å². The topological polar surface area (TPSA) is 61.0 Å². The van der Waals surface area contributed by atoms with E-state index in [4.69, 9.17) is 10.5 Å². The summed E-state index contributed by atoms with van der Waals surface area (Å²) in [5, 5.41) is 0.610.